The van der Waals surface area contributed by atoms with Crippen molar-refractivity contribution in [1.82, 2.24) is 5.43 Å². The summed E-state index contributed by atoms with van der Waals surface area (Å²) in [5, 5.41) is 4.72. The second-order valence-electron chi connectivity index (χ2n) is 3.27. The van der Waals surface area contributed by atoms with E-state index in [1.807, 2.05) is 13.8 Å². The summed E-state index contributed by atoms with van der Waals surface area (Å²) >= 11 is 11.6. The van der Waals surface area contributed by atoms with E-state index in [2.05, 4.69) is 10.5 Å². The van der Waals surface area contributed by atoms with Gasteiger partial charge < -0.3 is 0 Å². The van der Waals surface area contributed by atoms with Crippen molar-refractivity contribution in [3.8, 4) is 0 Å². The van der Waals surface area contributed by atoms with Crippen LogP contribution in [0.5, 0.6) is 0 Å². The van der Waals surface area contributed by atoms with Crippen molar-refractivity contribution in [2.45, 2.75) is 20.3 Å². The number of carbonyl (C=O) groups excluding carboxylic acids is 1. The molecule has 0 aromatic heterocycles. The van der Waals surface area contributed by atoms with Crippen molar-refractivity contribution in [2.24, 2.45) is 5.10 Å². The highest BCUT2D eigenvalue weighted by Crippen LogP contribution is 2.20. The Balaban J connectivity index is 2.81. The van der Waals surface area contributed by atoms with Crippen LogP contribution in [0.1, 0.15) is 30.6 Å². The Labute approximate surface area is 104 Å². The Morgan fingerprint density at radius 1 is 1.44 bits per heavy atom. The lowest BCUT2D eigenvalue weighted by molar-refractivity contribution is 0.0955. The summed E-state index contributed by atoms with van der Waals surface area (Å²) in [7, 11) is 0. The van der Waals surface area contributed by atoms with E-state index < -0.39 is 0 Å². The fourth-order valence-electron chi connectivity index (χ4n) is 0.959. The van der Waals surface area contributed by atoms with Crippen LogP contribution in [-0.4, -0.2) is 11.6 Å². The fourth-order valence-corrected chi connectivity index (χ4v) is 1.45. The predicted octanol–water partition coefficient (Wildman–Crippen LogP) is 3.51. The Bertz CT molecular complexity index is 430. The number of hydrogen-bond acceptors (Lipinski definition) is 2. The third-order valence-corrected chi connectivity index (χ3v) is 2.58. The van der Waals surface area contributed by atoms with Gasteiger partial charge in [0, 0.05) is 10.7 Å². The number of rotatable bonds is 3. The number of nitrogens with one attached hydrogen (secondary N) is 1. The molecular weight excluding hydrogens is 247 g/mol. The Morgan fingerprint density at radius 2 is 2.12 bits per heavy atom. The molecule has 0 aliphatic rings. The van der Waals surface area contributed by atoms with Crippen molar-refractivity contribution in [1.29, 1.82) is 0 Å². The number of hydrogen-bond donors (Lipinski definition) is 1. The molecule has 1 amide bonds. The second kappa shape index (κ2) is 5.87. The first-order chi connectivity index (χ1) is 7.54. The molecule has 0 aliphatic carbocycles. The molecular formula is C11H12Cl2N2O. The summed E-state index contributed by atoms with van der Waals surface area (Å²) in [6.07, 6.45) is 0.786. The van der Waals surface area contributed by atoms with E-state index in [-0.39, 0.29) is 5.91 Å². The van der Waals surface area contributed by atoms with Crippen LogP contribution in [0.25, 0.3) is 0 Å². The summed E-state index contributed by atoms with van der Waals surface area (Å²) in [5.41, 5.74) is 3.64. The zero-order valence-corrected chi connectivity index (χ0v) is 10.6. The number of amides is 1. The van der Waals surface area contributed by atoms with E-state index in [0.717, 1.165) is 12.1 Å². The van der Waals surface area contributed by atoms with Crippen LogP contribution in [0, 0.1) is 0 Å². The van der Waals surface area contributed by atoms with Crippen LogP contribution in [0.4, 0.5) is 0 Å². The SMILES string of the molecule is CCC(C)=NNC(=O)c1ccc(Cl)cc1Cl. The zero-order valence-electron chi connectivity index (χ0n) is 9.05. The van der Waals surface area contributed by atoms with Crippen molar-refractivity contribution in [2.75, 3.05) is 0 Å². The predicted molar refractivity (Wildman–Crippen MR) is 67.3 cm³/mol. The van der Waals surface area contributed by atoms with Gasteiger partial charge in [-0.15, -0.1) is 0 Å². The van der Waals surface area contributed by atoms with E-state index in [4.69, 9.17) is 23.2 Å². The molecule has 0 heterocycles. The average Bonchev–Trinajstić information content (AvgIpc) is 2.25. The lowest BCUT2D eigenvalue weighted by Gasteiger charge is -2.03. The maximum Gasteiger partial charge on any atom is 0.272 e. The van der Waals surface area contributed by atoms with Crippen molar-refractivity contribution < 1.29 is 4.79 Å². The van der Waals surface area contributed by atoms with E-state index in [1.54, 1.807) is 12.1 Å². The molecule has 0 saturated heterocycles. The van der Waals surface area contributed by atoms with Crippen LogP contribution in [0.15, 0.2) is 23.3 Å². The van der Waals surface area contributed by atoms with Gasteiger partial charge in [0.25, 0.3) is 5.91 Å². The van der Waals surface area contributed by atoms with Gasteiger partial charge in [0.1, 0.15) is 0 Å². The average molecular weight is 259 g/mol. The number of nitrogens with zero attached hydrogens (tertiary/aromatic N) is 1. The molecule has 0 atom stereocenters. The van der Waals surface area contributed by atoms with Gasteiger partial charge in [0.15, 0.2) is 0 Å². The lowest BCUT2D eigenvalue weighted by Crippen LogP contribution is -2.19. The third-order valence-electron chi connectivity index (χ3n) is 2.04. The first kappa shape index (κ1) is 13.0. The minimum Gasteiger partial charge on any atom is -0.267 e. The Kier molecular flexibility index (Phi) is 4.77. The van der Waals surface area contributed by atoms with Gasteiger partial charge in [-0.05, 0) is 31.5 Å². The van der Waals surface area contributed by atoms with Gasteiger partial charge in [-0.3, -0.25) is 4.79 Å². The van der Waals surface area contributed by atoms with Crippen LogP contribution < -0.4 is 5.43 Å². The topological polar surface area (TPSA) is 41.5 Å². The molecule has 1 rings (SSSR count). The van der Waals surface area contributed by atoms with Crippen LogP contribution in [-0.2, 0) is 0 Å². The summed E-state index contributed by atoms with van der Waals surface area (Å²) in [5.74, 6) is -0.338. The molecule has 1 aromatic rings. The number of carbonyl (C=O) groups is 1. The van der Waals surface area contributed by atoms with E-state index in [0.29, 0.717) is 15.6 Å². The molecule has 0 bridgehead atoms. The van der Waals surface area contributed by atoms with E-state index in [1.165, 1.54) is 6.07 Å². The summed E-state index contributed by atoms with van der Waals surface area (Å²) in [6.45, 7) is 3.80. The molecule has 5 heteroatoms. The molecule has 86 valence electrons. The molecule has 0 saturated carbocycles. The Morgan fingerprint density at radius 3 is 2.69 bits per heavy atom. The minimum absolute atomic E-state index is 0.314. The zero-order chi connectivity index (χ0) is 12.1. The highest BCUT2D eigenvalue weighted by Gasteiger charge is 2.09. The molecule has 1 aromatic carbocycles. The van der Waals surface area contributed by atoms with Gasteiger partial charge in [0.2, 0.25) is 0 Å². The first-order valence-corrected chi connectivity index (χ1v) is 5.58. The van der Waals surface area contributed by atoms with Crippen molar-refractivity contribution in [3.63, 3.8) is 0 Å². The van der Waals surface area contributed by atoms with E-state index in [9.17, 15) is 4.79 Å². The minimum atomic E-state index is -0.338. The number of halogens is 2. The molecule has 16 heavy (non-hydrogen) atoms. The van der Waals surface area contributed by atoms with Crippen molar-refractivity contribution >= 4 is 34.8 Å². The smallest absolute Gasteiger partial charge is 0.267 e. The number of benzene rings is 1. The third kappa shape index (κ3) is 3.51. The van der Waals surface area contributed by atoms with Crippen LogP contribution in [0.2, 0.25) is 10.0 Å². The van der Waals surface area contributed by atoms with Crippen LogP contribution >= 0.6 is 23.2 Å². The molecule has 0 fully saturated rings. The largest absolute Gasteiger partial charge is 0.272 e. The highest BCUT2D eigenvalue weighted by atomic mass is 35.5. The summed E-state index contributed by atoms with van der Waals surface area (Å²) in [4.78, 5) is 11.7. The van der Waals surface area contributed by atoms with Gasteiger partial charge >= 0.3 is 0 Å². The molecule has 0 spiro atoms. The maximum atomic E-state index is 11.7. The molecule has 0 unspecified atom stereocenters. The normalized spacial score (nSPS) is 11.4. The lowest BCUT2D eigenvalue weighted by atomic mass is 10.2. The molecule has 1 N–H and O–H groups in total. The standard InChI is InChI=1S/C11H12Cl2N2O/c1-3-7(2)14-15-11(16)9-5-4-8(12)6-10(9)13/h4-6H,3H2,1-2H3,(H,15,16). The van der Waals surface area contributed by atoms with Gasteiger partial charge in [-0.25, -0.2) is 5.43 Å². The summed E-state index contributed by atoms with van der Waals surface area (Å²) in [6, 6.07) is 4.70. The molecule has 0 radical (unpaired) electrons. The van der Waals surface area contributed by atoms with Gasteiger partial charge in [-0.2, -0.15) is 5.10 Å². The van der Waals surface area contributed by atoms with Crippen molar-refractivity contribution in [3.05, 3.63) is 33.8 Å². The van der Waals surface area contributed by atoms with Gasteiger partial charge in [0.05, 0.1) is 10.6 Å². The van der Waals surface area contributed by atoms with Crippen LogP contribution in [0.3, 0.4) is 0 Å². The number of hydrazone groups is 1. The fraction of sp³-hybridized carbons (Fsp3) is 0.273. The Hall–Kier alpha value is -1.06. The quantitative estimate of drug-likeness (QED) is 0.655. The van der Waals surface area contributed by atoms with Gasteiger partial charge in [-0.1, -0.05) is 30.1 Å². The van der Waals surface area contributed by atoms with E-state index >= 15 is 0 Å². The summed E-state index contributed by atoms with van der Waals surface area (Å²) < 4.78 is 0. The second-order valence-corrected chi connectivity index (χ2v) is 4.11. The first-order valence-electron chi connectivity index (χ1n) is 4.83. The highest BCUT2D eigenvalue weighted by molar-refractivity contribution is 6.36. The monoisotopic (exact) mass is 258 g/mol. The maximum absolute atomic E-state index is 11.7. The molecule has 3 nitrogen and oxygen atoms in total. The molecule has 0 aliphatic heterocycles.